The second-order valence-corrected chi connectivity index (χ2v) is 8.24. The normalized spacial score (nSPS) is 19.8. The van der Waals surface area contributed by atoms with Gasteiger partial charge in [-0.15, -0.1) is 0 Å². The highest BCUT2D eigenvalue weighted by atomic mass is 32.8. The van der Waals surface area contributed by atoms with Crippen molar-refractivity contribution in [2.45, 2.75) is 25.3 Å². The van der Waals surface area contributed by atoms with E-state index in [2.05, 4.69) is 27.8 Å². The van der Waals surface area contributed by atoms with Crippen molar-refractivity contribution in [2.75, 3.05) is 26.5 Å². The lowest BCUT2D eigenvalue weighted by molar-refractivity contribution is 0.0867. The third-order valence-corrected chi connectivity index (χ3v) is 5.50. The number of methoxy groups -OCH3 is 1. The van der Waals surface area contributed by atoms with Gasteiger partial charge in [-0.25, -0.2) is 9.29 Å². The Morgan fingerprint density at radius 1 is 1.48 bits per heavy atom. The summed E-state index contributed by atoms with van der Waals surface area (Å²) in [5.74, 6) is 0.294. The van der Waals surface area contributed by atoms with E-state index in [4.69, 9.17) is 15.9 Å². The molecular weight excluding hydrogens is 306 g/mol. The number of amides is 1. The van der Waals surface area contributed by atoms with Crippen LogP contribution in [0.4, 0.5) is 0 Å². The molecule has 1 aliphatic rings. The Balaban J connectivity index is 2.00. The second-order valence-electron chi connectivity index (χ2n) is 5.43. The van der Waals surface area contributed by atoms with Crippen LogP contribution < -0.4 is 10.1 Å². The molecule has 1 unspecified atom stereocenters. The van der Waals surface area contributed by atoms with Crippen molar-refractivity contribution in [3.05, 3.63) is 23.9 Å². The summed E-state index contributed by atoms with van der Waals surface area (Å²) in [5.41, 5.74) is 0.184. The van der Waals surface area contributed by atoms with Crippen LogP contribution >= 0.6 is 0 Å². The van der Waals surface area contributed by atoms with Crippen molar-refractivity contribution >= 4 is 26.7 Å². The summed E-state index contributed by atoms with van der Waals surface area (Å²) in [5, 5.41) is 3.11. The lowest BCUT2D eigenvalue weighted by Crippen LogP contribution is -2.53. The number of aromatic nitrogens is 1. The van der Waals surface area contributed by atoms with Crippen molar-refractivity contribution in [2.24, 2.45) is 0 Å². The summed E-state index contributed by atoms with van der Waals surface area (Å²) >= 11 is 5.31. The SMILES string of the molecule is COc1cccc(C(=O)NC2(C)CCN(S(C)=S)CC2)n1. The van der Waals surface area contributed by atoms with Gasteiger partial charge in [0.2, 0.25) is 5.88 Å². The van der Waals surface area contributed by atoms with E-state index in [1.807, 2.05) is 0 Å². The van der Waals surface area contributed by atoms with Crippen LogP contribution in [0.15, 0.2) is 18.2 Å². The Hall–Kier alpha value is -1.05. The van der Waals surface area contributed by atoms with E-state index < -0.39 is 0 Å². The van der Waals surface area contributed by atoms with E-state index in [0.717, 1.165) is 25.9 Å². The molecule has 1 amide bonds. The van der Waals surface area contributed by atoms with E-state index in [-0.39, 0.29) is 21.1 Å². The number of pyridine rings is 1. The van der Waals surface area contributed by atoms with Crippen LogP contribution in [0.5, 0.6) is 5.88 Å². The molecule has 116 valence electrons. The van der Waals surface area contributed by atoms with E-state index in [1.165, 1.54) is 7.11 Å². The largest absolute Gasteiger partial charge is 0.481 e. The molecule has 0 radical (unpaired) electrons. The Labute approximate surface area is 132 Å². The van der Waals surface area contributed by atoms with E-state index in [0.29, 0.717) is 11.6 Å². The maximum absolute atomic E-state index is 12.3. The molecule has 21 heavy (non-hydrogen) atoms. The zero-order chi connectivity index (χ0) is 15.5. The van der Waals surface area contributed by atoms with Crippen molar-refractivity contribution < 1.29 is 9.53 Å². The fraction of sp³-hybridized carbons (Fsp3) is 0.571. The number of carbonyl (C=O) groups is 1. The fourth-order valence-electron chi connectivity index (χ4n) is 2.35. The van der Waals surface area contributed by atoms with Gasteiger partial charge in [0.15, 0.2) is 0 Å². The highest BCUT2D eigenvalue weighted by molar-refractivity contribution is 8.27. The van der Waals surface area contributed by atoms with Crippen LogP contribution in [-0.2, 0) is 20.8 Å². The molecule has 2 heterocycles. The van der Waals surface area contributed by atoms with E-state index >= 15 is 0 Å². The average molecular weight is 327 g/mol. The minimum absolute atomic E-state index is 0.113. The average Bonchev–Trinajstić information content (AvgIpc) is 2.47. The van der Waals surface area contributed by atoms with Gasteiger partial charge in [0.1, 0.15) is 5.69 Å². The number of ether oxygens (including phenoxy) is 1. The van der Waals surface area contributed by atoms with Crippen molar-refractivity contribution in [1.82, 2.24) is 14.6 Å². The molecule has 1 atom stereocenters. The maximum Gasteiger partial charge on any atom is 0.270 e. The third-order valence-electron chi connectivity index (χ3n) is 3.77. The molecule has 1 saturated heterocycles. The number of piperidine rings is 1. The Morgan fingerprint density at radius 3 is 2.71 bits per heavy atom. The van der Waals surface area contributed by atoms with Gasteiger partial charge >= 0.3 is 0 Å². The van der Waals surface area contributed by atoms with Gasteiger partial charge in [-0.05, 0) is 37.0 Å². The zero-order valence-electron chi connectivity index (χ0n) is 12.6. The lowest BCUT2D eigenvalue weighted by Gasteiger charge is -2.39. The molecular formula is C14H21N3O2S2. The molecule has 2 rings (SSSR count). The van der Waals surface area contributed by atoms with Crippen LogP contribution in [0.1, 0.15) is 30.3 Å². The van der Waals surface area contributed by atoms with Crippen LogP contribution in [0.25, 0.3) is 0 Å². The quantitative estimate of drug-likeness (QED) is 0.903. The van der Waals surface area contributed by atoms with Crippen molar-refractivity contribution in [3.63, 3.8) is 0 Å². The highest BCUT2D eigenvalue weighted by Gasteiger charge is 2.32. The minimum atomic E-state index is -0.201. The highest BCUT2D eigenvalue weighted by Crippen LogP contribution is 2.23. The Kier molecular flexibility index (Phi) is 5.29. The van der Waals surface area contributed by atoms with Gasteiger partial charge in [-0.3, -0.25) is 4.79 Å². The third kappa shape index (κ3) is 4.21. The summed E-state index contributed by atoms with van der Waals surface area (Å²) in [6.07, 6.45) is 3.85. The summed E-state index contributed by atoms with van der Waals surface area (Å²) in [6.45, 7) is 3.93. The van der Waals surface area contributed by atoms with Gasteiger partial charge in [-0.1, -0.05) is 15.7 Å². The molecule has 0 aromatic carbocycles. The second kappa shape index (κ2) is 6.81. The van der Waals surface area contributed by atoms with E-state index in [1.54, 1.807) is 18.2 Å². The zero-order valence-corrected chi connectivity index (χ0v) is 14.2. The van der Waals surface area contributed by atoms with Gasteiger partial charge in [-0.2, -0.15) is 0 Å². The number of nitrogens with zero attached hydrogens (tertiary/aromatic N) is 2. The first kappa shape index (κ1) is 16.3. The molecule has 0 saturated carbocycles. The standard InChI is InChI=1S/C14H21N3O2S2/c1-14(7-9-17(10-8-14)21(3)20)16-13(18)11-5-4-6-12(15-11)19-2/h4-6H,7-10H2,1-3H3,(H,16,18). The molecule has 0 bridgehead atoms. The monoisotopic (exact) mass is 327 g/mol. The van der Waals surface area contributed by atoms with Gasteiger partial charge in [0, 0.05) is 31.0 Å². The molecule has 0 aliphatic carbocycles. The van der Waals surface area contributed by atoms with Gasteiger partial charge in [0.05, 0.1) is 7.11 Å². The first-order valence-electron chi connectivity index (χ1n) is 6.85. The number of rotatable bonds is 4. The number of nitrogens with one attached hydrogen (secondary N) is 1. The number of carbonyl (C=O) groups excluding carboxylic acids is 1. The first-order chi connectivity index (χ1) is 9.93. The van der Waals surface area contributed by atoms with Crippen LogP contribution in [0.3, 0.4) is 0 Å². The molecule has 1 aromatic heterocycles. The Morgan fingerprint density at radius 2 is 2.14 bits per heavy atom. The molecule has 1 aromatic rings. The summed E-state index contributed by atoms with van der Waals surface area (Å²) in [7, 11) is 1.43. The van der Waals surface area contributed by atoms with E-state index in [9.17, 15) is 4.79 Å². The number of hydrogen-bond acceptors (Lipinski definition) is 4. The molecule has 7 heteroatoms. The predicted molar refractivity (Wildman–Crippen MR) is 88.1 cm³/mol. The van der Waals surface area contributed by atoms with Crippen molar-refractivity contribution in [3.8, 4) is 5.88 Å². The van der Waals surface area contributed by atoms with Crippen molar-refractivity contribution in [1.29, 1.82) is 0 Å². The maximum atomic E-state index is 12.3. The van der Waals surface area contributed by atoms with Crippen LogP contribution in [-0.4, -0.2) is 47.2 Å². The smallest absolute Gasteiger partial charge is 0.270 e. The molecule has 5 nitrogen and oxygen atoms in total. The first-order valence-corrected chi connectivity index (χ1v) is 9.37. The number of hydrogen-bond donors (Lipinski definition) is 1. The Bertz CT molecular complexity index is 543. The fourth-order valence-corrected chi connectivity index (χ4v) is 3.50. The van der Waals surface area contributed by atoms with Crippen LogP contribution in [0.2, 0.25) is 0 Å². The summed E-state index contributed by atoms with van der Waals surface area (Å²) in [4.78, 5) is 16.5. The lowest BCUT2D eigenvalue weighted by atomic mass is 9.90. The van der Waals surface area contributed by atoms with Crippen LogP contribution in [0, 0.1) is 0 Å². The molecule has 0 spiro atoms. The molecule has 1 fully saturated rings. The predicted octanol–water partition coefficient (Wildman–Crippen LogP) is 1.30. The minimum Gasteiger partial charge on any atom is -0.481 e. The van der Waals surface area contributed by atoms with Gasteiger partial charge in [0.25, 0.3) is 5.91 Å². The summed E-state index contributed by atoms with van der Waals surface area (Å²) < 4.78 is 7.34. The van der Waals surface area contributed by atoms with Gasteiger partial charge < -0.3 is 10.1 Å². The molecule has 1 aliphatic heterocycles. The molecule has 1 N–H and O–H groups in total. The summed E-state index contributed by atoms with van der Waals surface area (Å²) in [6, 6.07) is 5.19. The topological polar surface area (TPSA) is 54.5 Å².